The van der Waals surface area contributed by atoms with Crippen molar-refractivity contribution in [2.24, 2.45) is 29.1 Å². The van der Waals surface area contributed by atoms with E-state index in [1.54, 1.807) is 0 Å². The monoisotopic (exact) mass is 196 g/mol. The zero-order chi connectivity index (χ0) is 10.5. The predicted octanol–water partition coefficient (Wildman–Crippen LogP) is 3.08. The second kappa shape index (κ2) is 3.23. The van der Waals surface area contributed by atoms with E-state index in [9.17, 15) is 5.11 Å². The highest BCUT2D eigenvalue weighted by atomic mass is 16.3. The van der Waals surface area contributed by atoms with Gasteiger partial charge >= 0.3 is 0 Å². The van der Waals surface area contributed by atoms with Crippen molar-refractivity contribution in [3.8, 4) is 0 Å². The van der Waals surface area contributed by atoms with Crippen molar-refractivity contribution in [1.82, 2.24) is 0 Å². The van der Waals surface area contributed by atoms with Gasteiger partial charge in [-0.25, -0.2) is 0 Å². The van der Waals surface area contributed by atoms with E-state index in [1.807, 2.05) is 6.92 Å². The van der Waals surface area contributed by atoms with Crippen molar-refractivity contribution >= 4 is 0 Å². The molecule has 0 aliphatic heterocycles. The Kier molecular flexibility index (Phi) is 2.42. The van der Waals surface area contributed by atoms with Crippen molar-refractivity contribution in [3.05, 3.63) is 0 Å². The number of aliphatic hydroxyl groups is 1. The number of rotatable bonds is 1. The molecule has 0 heterocycles. The van der Waals surface area contributed by atoms with Crippen LogP contribution in [0.25, 0.3) is 0 Å². The minimum Gasteiger partial charge on any atom is -0.393 e. The van der Waals surface area contributed by atoms with Crippen LogP contribution in [0.15, 0.2) is 0 Å². The van der Waals surface area contributed by atoms with Gasteiger partial charge in [-0.05, 0) is 55.3 Å². The van der Waals surface area contributed by atoms with Gasteiger partial charge in [0.05, 0.1) is 6.10 Å². The summed E-state index contributed by atoms with van der Waals surface area (Å²) in [4.78, 5) is 0. The van der Waals surface area contributed by atoms with Gasteiger partial charge in [0.25, 0.3) is 0 Å². The highest BCUT2D eigenvalue weighted by molar-refractivity contribution is 5.01. The molecule has 14 heavy (non-hydrogen) atoms. The van der Waals surface area contributed by atoms with Crippen LogP contribution in [0, 0.1) is 29.1 Å². The Morgan fingerprint density at radius 2 is 1.93 bits per heavy atom. The van der Waals surface area contributed by atoms with Crippen molar-refractivity contribution < 1.29 is 5.11 Å². The molecule has 0 aromatic heterocycles. The maximum Gasteiger partial charge on any atom is 0.0543 e. The molecule has 2 fully saturated rings. The van der Waals surface area contributed by atoms with Gasteiger partial charge in [0.2, 0.25) is 0 Å². The van der Waals surface area contributed by atoms with Crippen molar-refractivity contribution in [1.29, 1.82) is 0 Å². The fourth-order valence-corrected chi connectivity index (χ4v) is 4.03. The third-order valence-corrected chi connectivity index (χ3v) is 5.22. The minimum atomic E-state index is -0.102. The van der Waals surface area contributed by atoms with Gasteiger partial charge in [-0.2, -0.15) is 0 Å². The molecule has 2 saturated carbocycles. The topological polar surface area (TPSA) is 20.2 Å². The van der Waals surface area contributed by atoms with Crippen LogP contribution in [0.3, 0.4) is 0 Å². The maximum atomic E-state index is 9.82. The molecule has 0 spiro atoms. The first-order valence-corrected chi connectivity index (χ1v) is 6.12. The highest BCUT2D eigenvalue weighted by Crippen LogP contribution is 2.59. The van der Waals surface area contributed by atoms with Crippen molar-refractivity contribution in [2.75, 3.05) is 0 Å². The fourth-order valence-electron chi connectivity index (χ4n) is 4.03. The summed E-state index contributed by atoms with van der Waals surface area (Å²) in [5.74, 6) is 3.02. The van der Waals surface area contributed by atoms with Gasteiger partial charge in [0.15, 0.2) is 0 Å². The van der Waals surface area contributed by atoms with E-state index in [1.165, 1.54) is 19.3 Å². The lowest BCUT2D eigenvalue weighted by Gasteiger charge is -2.39. The molecule has 2 aliphatic rings. The van der Waals surface area contributed by atoms with Gasteiger partial charge in [0, 0.05) is 0 Å². The summed E-state index contributed by atoms with van der Waals surface area (Å²) in [6.07, 6.45) is 3.87. The Hall–Kier alpha value is -0.0400. The van der Waals surface area contributed by atoms with Crippen LogP contribution < -0.4 is 0 Å². The van der Waals surface area contributed by atoms with Crippen LogP contribution in [-0.2, 0) is 0 Å². The number of hydrogen-bond acceptors (Lipinski definition) is 1. The summed E-state index contributed by atoms with van der Waals surface area (Å²) in [7, 11) is 0. The second-order valence-electron chi connectivity index (χ2n) is 6.24. The van der Waals surface area contributed by atoms with E-state index >= 15 is 0 Å². The van der Waals surface area contributed by atoms with Gasteiger partial charge in [-0.1, -0.05) is 20.8 Å². The molecule has 0 amide bonds. The predicted molar refractivity (Wildman–Crippen MR) is 58.9 cm³/mol. The summed E-state index contributed by atoms with van der Waals surface area (Å²) in [5.41, 5.74) is 0.527. The van der Waals surface area contributed by atoms with E-state index in [0.717, 1.165) is 17.8 Å². The van der Waals surface area contributed by atoms with Crippen LogP contribution in [0.4, 0.5) is 0 Å². The molecule has 0 aromatic rings. The first-order valence-electron chi connectivity index (χ1n) is 6.12. The average molecular weight is 196 g/mol. The molecular formula is C13H24O. The standard InChI is InChI=1S/C13H24O/c1-8-5-9(2)13(4)6-11(8)12(7-13)10(3)14/h8-12,14H,5-7H2,1-4H3. The molecule has 0 aromatic carbocycles. The summed E-state index contributed by atoms with van der Waals surface area (Å²) in [6.45, 7) is 9.18. The zero-order valence-corrected chi connectivity index (χ0v) is 9.96. The second-order valence-corrected chi connectivity index (χ2v) is 6.24. The van der Waals surface area contributed by atoms with Crippen LogP contribution >= 0.6 is 0 Å². The lowest BCUT2D eigenvalue weighted by molar-refractivity contribution is 0.0765. The molecule has 6 atom stereocenters. The molecule has 1 nitrogen and oxygen atoms in total. The molecule has 2 aliphatic carbocycles. The average Bonchev–Trinajstić information content (AvgIpc) is 2.40. The molecule has 2 rings (SSSR count). The zero-order valence-electron chi connectivity index (χ0n) is 9.96. The minimum absolute atomic E-state index is 0.102. The first kappa shape index (κ1) is 10.5. The van der Waals surface area contributed by atoms with Crippen LogP contribution in [-0.4, -0.2) is 11.2 Å². The lowest BCUT2D eigenvalue weighted by atomic mass is 9.66. The normalized spacial score (nSPS) is 54.6. The molecule has 6 unspecified atom stereocenters. The Labute approximate surface area is 87.9 Å². The first-order chi connectivity index (χ1) is 6.44. The Morgan fingerprint density at radius 1 is 1.29 bits per heavy atom. The Balaban J connectivity index is 2.22. The highest BCUT2D eigenvalue weighted by Gasteiger charge is 2.52. The molecule has 2 bridgehead atoms. The van der Waals surface area contributed by atoms with Crippen LogP contribution in [0.2, 0.25) is 0 Å². The molecular weight excluding hydrogens is 172 g/mol. The van der Waals surface area contributed by atoms with E-state index in [-0.39, 0.29) is 6.10 Å². The molecule has 82 valence electrons. The summed E-state index contributed by atoms with van der Waals surface area (Å²) in [6, 6.07) is 0. The summed E-state index contributed by atoms with van der Waals surface area (Å²) < 4.78 is 0. The van der Waals surface area contributed by atoms with Gasteiger partial charge in [-0.3, -0.25) is 0 Å². The summed E-state index contributed by atoms with van der Waals surface area (Å²) in [5, 5.41) is 9.82. The van der Waals surface area contributed by atoms with E-state index < -0.39 is 0 Å². The van der Waals surface area contributed by atoms with Crippen molar-refractivity contribution in [2.45, 2.75) is 53.1 Å². The molecule has 1 N–H and O–H groups in total. The third-order valence-electron chi connectivity index (χ3n) is 5.22. The van der Waals surface area contributed by atoms with E-state index in [0.29, 0.717) is 11.3 Å². The quantitative estimate of drug-likeness (QED) is 0.683. The third kappa shape index (κ3) is 1.41. The Bertz CT molecular complexity index is 223. The molecule has 0 radical (unpaired) electrons. The largest absolute Gasteiger partial charge is 0.393 e. The number of hydrogen-bond donors (Lipinski definition) is 1. The Morgan fingerprint density at radius 3 is 2.50 bits per heavy atom. The molecule has 1 heteroatoms. The smallest absolute Gasteiger partial charge is 0.0543 e. The van der Waals surface area contributed by atoms with Gasteiger partial charge in [-0.15, -0.1) is 0 Å². The van der Waals surface area contributed by atoms with Crippen LogP contribution in [0.1, 0.15) is 47.0 Å². The maximum absolute atomic E-state index is 9.82. The van der Waals surface area contributed by atoms with E-state index in [2.05, 4.69) is 20.8 Å². The van der Waals surface area contributed by atoms with E-state index in [4.69, 9.17) is 0 Å². The van der Waals surface area contributed by atoms with Gasteiger partial charge in [0.1, 0.15) is 0 Å². The SMILES string of the molecule is CC(O)C1CC2(C)CC1C(C)CC2C. The number of aliphatic hydroxyl groups excluding tert-OH is 1. The lowest BCUT2D eigenvalue weighted by Crippen LogP contribution is -2.31. The molecule has 0 saturated heterocycles. The summed E-state index contributed by atoms with van der Waals surface area (Å²) >= 11 is 0. The number of fused-ring (bicyclic) bond motifs is 2. The van der Waals surface area contributed by atoms with Gasteiger partial charge < -0.3 is 5.11 Å². The van der Waals surface area contributed by atoms with Crippen molar-refractivity contribution in [3.63, 3.8) is 0 Å². The van der Waals surface area contributed by atoms with Crippen LogP contribution in [0.5, 0.6) is 0 Å². The fraction of sp³-hybridized carbons (Fsp3) is 1.00.